The fourth-order valence-corrected chi connectivity index (χ4v) is 1.82. The van der Waals surface area contributed by atoms with E-state index in [1.54, 1.807) is 6.92 Å². The summed E-state index contributed by atoms with van der Waals surface area (Å²) in [5.74, 6) is -11.1. The van der Waals surface area contributed by atoms with Crippen LogP contribution in [-0.4, -0.2) is 12.4 Å². The number of benzene rings is 1. The molecule has 0 aromatic heterocycles. The molecule has 10 heteroatoms. The average molecular weight is 369 g/mol. The predicted molar refractivity (Wildman–Crippen MR) is 64.7 cm³/mol. The molecule has 0 bridgehead atoms. The van der Waals surface area contributed by atoms with E-state index in [1.165, 1.54) is 0 Å². The van der Waals surface area contributed by atoms with Crippen LogP contribution in [0.2, 0.25) is 0 Å². The van der Waals surface area contributed by atoms with Crippen LogP contribution >= 0.6 is 0 Å². The van der Waals surface area contributed by atoms with Crippen molar-refractivity contribution in [3.05, 3.63) is 41.3 Å². The molecule has 1 radical (unpaired) electrons. The van der Waals surface area contributed by atoms with Gasteiger partial charge in [0.05, 0.1) is 0 Å². The predicted octanol–water partition coefficient (Wildman–Crippen LogP) is 6.35. The monoisotopic (exact) mass is 369 g/mol. The Kier molecular flexibility index (Phi) is 5.52. The highest BCUT2D eigenvalue weighted by atomic mass is 19.4. The number of rotatable bonds is 5. The number of halogens is 10. The van der Waals surface area contributed by atoms with Gasteiger partial charge < -0.3 is 0 Å². The van der Waals surface area contributed by atoms with E-state index in [4.69, 9.17) is 0 Å². The fourth-order valence-electron chi connectivity index (χ4n) is 1.82. The largest absolute Gasteiger partial charge is 0.458 e. The molecule has 0 amide bonds. The summed E-state index contributed by atoms with van der Waals surface area (Å²) in [6, 6.07) is 0.146. The Labute approximate surface area is 130 Å². The zero-order valence-corrected chi connectivity index (χ0v) is 12.0. The van der Waals surface area contributed by atoms with Gasteiger partial charge in [0.1, 0.15) is 0 Å². The lowest BCUT2D eigenvalue weighted by Gasteiger charge is -2.25. The minimum atomic E-state index is -6.14. The fraction of sp³-hybridized carbons (Fsp3) is 0.500. The van der Waals surface area contributed by atoms with E-state index < -0.39 is 47.0 Å². The van der Waals surface area contributed by atoms with Crippen molar-refractivity contribution >= 4 is 0 Å². The van der Waals surface area contributed by atoms with Crippen molar-refractivity contribution in [3.63, 3.8) is 0 Å². The Hall–Kier alpha value is -1.48. The van der Waals surface area contributed by atoms with Crippen LogP contribution in [0.5, 0.6) is 0 Å². The molecule has 0 saturated heterocycles. The molecule has 1 aromatic rings. The molecule has 0 atom stereocenters. The third-order valence-corrected chi connectivity index (χ3v) is 3.12. The normalized spacial score (nSPS) is 14.1. The van der Waals surface area contributed by atoms with Crippen molar-refractivity contribution in [2.24, 2.45) is 0 Å². The minimum Gasteiger partial charge on any atom is -0.191 e. The lowest BCUT2D eigenvalue weighted by molar-refractivity contribution is -0.292. The topological polar surface area (TPSA) is 0 Å². The first-order valence-corrected chi connectivity index (χ1v) is 6.53. The zero-order valence-electron chi connectivity index (χ0n) is 12.0. The van der Waals surface area contributed by atoms with Gasteiger partial charge in [-0.15, -0.1) is 0 Å². The Morgan fingerprint density at radius 3 is 1.71 bits per heavy atom. The van der Waals surface area contributed by atoms with Gasteiger partial charge in [0.2, 0.25) is 0 Å². The highest BCUT2D eigenvalue weighted by molar-refractivity contribution is 5.42. The molecular formula is C14H11F10. The van der Waals surface area contributed by atoms with Crippen LogP contribution in [0.25, 0.3) is 0 Å². The number of hydrogen-bond donors (Lipinski definition) is 0. The smallest absolute Gasteiger partial charge is 0.191 e. The molecule has 0 unspecified atom stereocenters. The summed E-state index contributed by atoms with van der Waals surface area (Å²) in [5, 5.41) is 0. The maximum Gasteiger partial charge on any atom is 0.458 e. The molecule has 0 nitrogen and oxygen atoms in total. The summed E-state index contributed by atoms with van der Waals surface area (Å²) >= 11 is 0. The lowest BCUT2D eigenvalue weighted by atomic mass is 9.93. The second-order valence-corrected chi connectivity index (χ2v) is 4.94. The van der Waals surface area contributed by atoms with Gasteiger partial charge >= 0.3 is 24.2 Å². The van der Waals surface area contributed by atoms with E-state index in [9.17, 15) is 43.9 Å². The van der Waals surface area contributed by atoms with E-state index in [0.717, 1.165) is 6.42 Å². The van der Waals surface area contributed by atoms with Gasteiger partial charge in [-0.2, -0.15) is 43.9 Å². The van der Waals surface area contributed by atoms with Crippen molar-refractivity contribution in [1.29, 1.82) is 0 Å². The first kappa shape index (κ1) is 20.6. The van der Waals surface area contributed by atoms with E-state index in [0.29, 0.717) is 12.5 Å². The first-order chi connectivity index (χ1) is 10.7. The lowest BCUT2D eigenvalue weighted by Crippen LogP contribution is -2.37. The Bertz CT molecular complexity index is 568. The molecule has 24 heavy (non-hydrogen) atoms. The second-order valence-electron chi connectivity index (χ2n) is 4.94. The van der Waals surface area contributed by atoms with E-state index >= 15 is 0 Å². The van der Waals surface area contributed by atoms with Gasteiger partial charge in [-0.1, -0.05) is 25.5 Å². The van der Waals surface area contributed by atoms with Crippen LogP contribution in [0, 0.1) is 6.42 Å². The van der Waals surface area contributed by atoms with Gasteiger partial charge in [0.15, 0.2) is 0 Å². The molecule has 0 saturated carbocycles. The first-order valence-electron chi connectivity index (χ1n) is 6.53. The van der Waals surface area contributed by atoms with Crippen molar-refractivity contribution in [1.82, 2.24) is 0 Å². The quantitative estimate of drug-likeness (QED) is 0.531. The zero-order chi connectivity index (χ0) is 19.0. The van der Waals surface area contributed by atoms with Gasteiger partial charge in [-0.3, -0.25) is 0 Å². The highest BCUT2D eigenvalue weighted by Crippen LogP contribution is 2.49. The van der Waals surface area contributed by atoms with Crippen LogP contribution in [0.1, 0.15) is 36.5 Å². The van der Waals surface area contributed by atoms with Crippen molar-refractivity contribution in [2.45, 2.75) is 44.0 Å². The molecular weight excluding hydrogens is 358 g/mol. The SMILES string of the molecule is CCC[CH]c1ccc(C(F)(F)C(F)(F)F)cc1C(F)(F)C(F)(F)F. The third-order valence-electron chi connectivity index (χ3n) is 3.12. The second kappa shape index (κ2) is 6.44. The molecule has 0 aliphatic rings. The average Bonchev–Trinajstić information content (AvgIpc) is 2.42. The van der Waals surface area contributed by atoms with Crippen LogP contribution in [0.3, 0.4) is 0 Å². The third kappa shape index (κ3) is 3.77. The summed E-state index contributed by atoms with van der Waals surface area (Å²) in [7, 11) is 0. The molecule has 0 N–H and O–H groups in total. The van der Waals surface area contributed by atoms with Crippen molar-refractivity contribution in [2.75, 3.05) is 0 Å². The summed E-state index contributed by atoms with van der Waals surface area (Å²) < 4.78 is 128. The molecule has 1 rings (SSSR count). The number of hydrogen-bond acceptors (Lipinski definition) is 0. The standard InChI is InChI=1S/C14H11F10/c1-2-3-4-8-5-6-9(11(15,16)13(19,20)21)7-10(8)12(17,18)14(22,23)24/h4-7H,2-3H2,1H3. The van der Waals surface area contributed by atoms with Crippen LogP contribution in [-0.2, 0) is 11.8 Å². The van der Waals surface area contributed by atoms with Gasteiger partial charge in [-0.05, 0) is 24.5 Å². The minimum absolute atomic E-state index is 0.0376. The molecule has 0 heterocycles. The van der Waals surface area contributed by atoms with Crippen LogP contribution < -0.4 is 0 Å². The van der Waals surface area contributed by atoms with Gasteiger partial charge in [-0.25, -0.2) is 0 Å². The molecule has 0 spiro atoms. The maximum absolute atomic E-state index is 13.5. The molecule has 0 aliphatic heterocycles. The molecule has 0 fully saturated rings. The molecule has 0 aliphatic carbocycles. The maximum atomic E-state index is 13.5. The Morgan fingerprint density at radius 2 is 1.29 bits per heavy atom. The van der Waals surface area contributed by atoms with Crippen LogP contribution in [0.15, 0.2) is 18.2 Å². The van der Waals surface area contributed by atoms with Gasteiger partial charge in [0, 0.05) is 11.1 Å². The summed E-state index contributed by atoms with van der Waals surface area (Å²) in [5.41, 5.74) is -4.67. The van der Waals surface area contributed by atoms with E-state index in [2.05, 4.69) is 0 Å². The Balaban J connectivity index is 3.55. The Morgan fingerprint density at radius 1 is 0.792 bits per heavy atom. The summed E-state index contributed by atoms with van der Waals surface area (Å²) in [6.07, 6.45) is -11.0. The van der Waals surface area contributed by atoms with Crippen molar-refractivity contribution in [3.8, 4) is 0 Å². The molecule has 137 valence electrons. The van der Waals surface area contributed by atoms with E-state index in [1.807, 2.05) is 0 Å². The van der Waals surface area contributed by atoms with Crippen molar-refractivity contribution < 1.29 is 43.9 Å². The highest BCUT2D eigenvalue weighted by Gasteiger charge is 2.62. The van der Waals surface area contributed by atoms with Crippen LogP contribution in [0.4, 0.5) is 43.9 Å². The van der Waals surface area contributed by atoms with E-state index in [-0.39, 0.29) is 12.5 Å². The number of alkyl halides is 10. The molecule has 1 aromatic carbocycles. The summed E-state index contributed by atoms with van der Waals surface area (Å²) in [4.78, 5) is 0. The summed E-state index contributed by atoms with van der Waals surface area (Å²) in [6.45, 7) is 1.57. The van der Waals surface area contributed by atoms with Gasteiger partial charge in [0.25, 0.3) is 0 Å². The number of unbranched alkanes of at least 4 members (excludes halogenated alkanes) is 1.